The molecule has 38 heavy (non-hydrogen) atoms. The first-order chi connectivity index (χ1) is 17.9. The molecule has 1 aromatic carbocycles. The lowest BCUT2D eigenvalue weighted by molar-refractivity contribution is -0.159. The molecule has 6 nitrogen and oxygen atoms in total. The van der Waals surface area contributed by atoms with Gasteiger partial charge in [-0.2, -0.15) is 0 Å². The van der Waals surface area contributed by atoms with Gasteiger partial charge in [-0.25, -0.2) is 8.93 Å². The van der Waals surface area contributed by atoms with Crippen molar-refractivity contribution in [2.45, 2.75) is 63.7 Å². The molecule has 9 heteroatoms. The Hall–Kier alpha value is -2.20. The van der Waals surface area contributed by atoms with E-state index in [-0.39, 0.29) is 0 Å². The van der Waals surface area contributed by atoms with Crippen LogP contribution in [0, 0.1) is 0 Å². The zero-order chi connectivity index (χ0) is 27.3. The van der Waals surface area contributed by atoms with Crippen LogP contribution in [0.25, 0.3) is 21.3 Å². The molecule has 1 aliphatic rings. The summed E-state index contributed by atoms with van der Waals surface area (Å²) >= 11 is 8.20. The van der Waals surface area contributed by atoms with Gasteiger partial charge in [0.05, 0.1) is 44.8 Å². The number of nitrogens with zero attached hydrogens (tertiary/aromatic N) is 2. The molecule has 1 saturated heterocycles. The zero-order valence-electron chi connectivity index (χ0n) is 22.4. The van der Waals surface area contributed by atoms with Gasteiger partial charge in [0.25, 0.3) is 0 Å². The van der Waals surface area contributed by atoms with Gasteiger partial charge in [0.15, 0.2) is 5.79 Å². The molecule has 1 N–H and O–H groups in total. The second-order valence-corrected chi connectivity index (χ2v) is 14.6. The summed E-state index contributed by atoms with van der Waals surface area (Å²) in [6.07, 6.45) is 3.53. The van der Waals surface area contributed by atoms with Gasteiger partial charge in [-0.05, 0) is 82.8 Å². The van der Waals surface area contributed by atoms with E-state index in [1.807, 2.05) is 65.9 Å². The van der Waals surface area contributed by atoms with Crippen LogP contribution in [0.1, 0.15) is 63.7 Å². The van der Waals surface area contributed by atoms with Gasteiger partial charge in [0, 0.05) is 27.5 Å². The number of hydrogen-bond acceptors (Lipinski definition) is 6. The molecule has 1 aliphatic heterocycles. The van der Waals surface area contributed by atoms with Crippen molar-refractivity contribution in [3.63, 3.8) is 0 Å². The van der Waals surface area contributed by atoms with Crippen LogP contribution < -0.4 is 4.72 Å². The Labute approximate surface area is 235 Å². The van der Waals surface area contributed by atoms with Crippen molar-refractivity contribution in [1.82, 2.24) is 14.7 Å². The highest BCUT2D eigenvalue weighted by atomic mass is 35.5. The van der Waals surface area contributed by atoms with Crippen molar-refractivity contribution in [3.05, 3.63) is 82.1 Å². The van der Waals surface area contributed by atoms with Gasteiger partial charge in [0.1, 0.15) is 5.60 Å². The van der Waals surface area contributed by atoms with E-state index in [1.165, 1.54) is 0 Å². The number of benzene rings is 1. The van der Waals surface area contributed by atoms with Crippen molar-refractivity contribution >= 4 is 44.0 Å². The first-order valence-corrected chi connectivity index (χ1v) is 14.8. The van der Waals surface area contributed by atoms with Crippen molar-refractivity contribution in [2.75, 3.05) is 6.61 Å². The molecule has 4 aromatic rings. The zero-order valence-corrected chi connectivity index (χ0v) is 24.8. The van der Waals surface area contributed by atoms with E-state index >= 15 is 0 Å². The molecular weight excluding hydrogens is 538 g/mol. The van der Waals surface area contributed by atoms with Gasteiger partial charge in [-0.15, -0.1) is 11.3 Å². The van der Waals surface area contributed by atoms with Gasteiger partial charge in [0.2, 0.25) is 0 Å². The lowest BCUT2D eigenvalue weighted by atomic mass is 9.96. The Balaban J connectivity index is 1.58. The van der Waals surface area contributed by atoms with Gasteiger partial charge >= 0.3 is 0 Å². The highest BCUT2D eigenvalue weighted by Crippen LogP contribution is 2.42. The molecule has 3 atom stereocenters. The number of fused-ring (bicyclic) bond motifs is 1. The van der Waals surface area contributed by atoms with Gasteiger partial charge in [-0.3, -0.25) is 9.97 Å². The summed E-state index contributed by atoms with van der Waals surface area (Å²) in [5, 5.41) is 1.60. The Morgan fingerprint density at radius 1 is 1.08 bits per heavy atom. The summed E-state index contributed by atoms with van der Waals surface area (Å²) in [5.41, 5.74) is 2.98. The number of rotatable bonds is 6. The summed E-state index contributed by atoms with van der Waals surface area (Å²) in [6.45, 7) is 12.2. The predicted octanol–water partition coefficient (Wildman–Crippen LogP) is 7.15. The lowest BCUT2D eigenvalue weighted by Gasteiger charge is -2.25. The van der Waals surface area contributed by atoms with E-state index in [0.717, 1.165) is 31.8 Å². The number of pyridine rings is 2. The van der Waals surface area contributed by atoms with Gasteiger partial charge < -0.3 is 9.47 Å². The van der Waals surface area contributed by atoms with Gasteiger partial charge in [-0.1, -0.05) is 29.8 Å². The van der Waals surface area contributed by atoms with E-state index in [0.29, 0.717) is 17.3 Å². The topological polar surface area (TPSA) is 73.3 Å². The third kappa shape index (κ3) is 5.43. The number of aromatic nitrogens is 2. The third-order valence-corrected chi connectivity index (χ3v) is 9.63. The molecule has 0 radical (unpaired) electrons. The van der Waals surface area contributed by atoms with E-state index in [4.69, 9.17) is 26.1 Å². The number of hydrogen-bond donors (Lipinski definition) is 1. The molecule has 3 aromatic heterocycles. The van der Waals surface area contributed by atoms with Crippen LogP contribution in [0.4, 0.5) is 0 Å². The fraction of sp³-hybridized carbons (Fsp3) is 0.379. The summed E-state index contributed by atoms with van der Waals surface area (Å²) in [5.74, 6) is -0.636. The molecule has 0 amide bonds. The molecule has 4 heterocycles. The Bertz CT molecular complexity index is 1510. The summed E-state index contributed by atoms with van der Waals surface area (Å²) in [6, 6.07) is 15.6. The predicted molar refractivity (Wildman–Crippen MR) is 156 cm³/mol. The van der Waals surface area contributed by atoms with Crippen molar-refractivity contribution in [3.8, 4) is 11.3 Å². The SMILES string of the molecule is CC1(C)OCC(C)(c2ccnc(-c3cccc4cc(C(NS(=O)C(C)(C)C)c5ncccc5Cl)sc34)c2)O1. The number of thiophene rings is 1. The molecule has 200 valence electrons. The summed E-state index contributed by atoms with van der Waals surface area (Å²) in [4.78, 5) is 10.2. The second kappa shape index (κ2) is 10.1. The Kier molecular flexibility index (Phi) is 7.26. The minimum Gasteiger partial charge on any atom is -0.347 e. The van der Waals surface area contributed by atoms with Crippen LogP contribution in [0.5, 0.6) is 0 Å². The van der Waals surface area contributed by atoms with Crippen molar-refractivity contribution in [2.24, 2.45) is 0 Å². The Morgan fingerprint density at radius 2 is 1.87 bits per heavy atom. The molecule has 3 unspecified atom stereocenters. The van der Waals surface area contributed by atoms with E-state index < -0.39 is 33.2 Å². The van der Waals surface area contributed by atoms with Crippen LogP contribution in [-0.4, -0.2) is 31.3 Å². The molecule has 0 saturated carbocycles. The highest BCUT2D eigenvalue weighted by Gasteiger charge is 2.43. The lowest BCUT2D eigenvalue weighted by Crippen LogP contribution is -2.36. The molecule has 0 aliphatic carbocycles. The first-order valence-electron chi connectivity index (χ1n) is 12.5. The Morgan fingerprint density at radius 3 is 2.55 bits per heavy atom. The third-order valence-electron chi connectivity index (χ3n) is 6.50. The second-order valence-electron chi connectivity index (χ2n) is 11.1. The fourth-order valence-electron chi connectivity index (χ4n) is 4.53. The van der Waals surface area contributed by atoms with Crippen LogP contribution in [-0.2, 0) is 26.1 Å². The summed E-state index contributed by atoms with van der Waals surface area (Å²) in [7, 11) is -1.34. The number of nitrogens with one attached hydrogen (secondary N) is 1. The summed E-state index contributed by atoms with van der Waals surface area (Å²) < 4.78 is 29.2. The van der Waals surface area contributed by atoms with E-state index in [1.54, 1.807) is 23.6 Å². The molecular formula is C29H32ClN3O3S2. The minimum absolute atomic E-state index is 0.432. The highest BCUT2D eigenvalue weighted by molar-refractivity contribution is 7.84. The van der Waals surface area contributed by atoms with E-state index in [2.05, 4.69) is 34.0 Å². The normalized spacial score (nSPS) is 21.0. The maximum Gasteiger partial charge on any atom is 0.164 e. The maximum atomic E-state index is 13.2. The van der Waals surface area contributed by atoms with Crippen LogP contribution in [0.15, 0.2) is 60.9 Å². The average molecular weight is 570 g/mol. The number of halogens is 1. The van der Waals surface area contributed by atoms with Crippen LogP contribution in [0.2, 0.25) is 5.02 Å². The quantitative estimate of drug-likeness (QED) is 0.267. The smallest absolute Gasteiger partial charge is 0.164 e. The van der Waals surface area contributed by atoms with Crippen molar-refractivity contribution < 1.29 is 13.7 Å². The maximum absolute atomic E-state index is 13.2. The van der Waals surface area contributed by atoms with Crippen molar-refractivity contribution in [1.29, 1.82) is 0 Å². The fourth-order valence-corrected chi connectivity index (χ4v) is 6.88. The largest absolute Gasteiger partial charge is 0.347 e. The molecule has 5 rings (SSSR count). The number of ether oxygens (including phenoxy) is 2. The standard InChI is InChI=1S/C29H32ClN3O3S2/c1-27(2,3)38(34)33-25(24-21(30)11-8-13-32-24)23-15-18-9-7-10-20(26(18)37-23)22-16-19(12-14-31-22)29(6)17-35-28(4,5)36-29/h7-16,25,33H,17H2,1-6H3. The molecule has 0 spiro atoms. The molecule has 0 bridgehead atoms. The monoisotopic (exact) mass is 569 g/mol. The first kappa shape index (κ1) is 27.4. The van der Waals surface area contributed by atoms with E-state index in [9.17, 15) is 4.21 Å². The molecule has 1 fully saturated rings. The van der Waals surface area contributed by atoms with Crippen LogP contribution in [0.3, 0.4) is 0 Å². The minimum atomic E-state index is -1.34. The van der Waals surface area contributed by atoms with Crippen LogP contribution >= 0.6 is 22.9 Å². The average Bonchev–Trinajstić information content (AvgIpc) is 3.42.